The van der Waals surface area contributed by atoms with Crippen LogP contribution in [0.25, 0.3) is 22.8 Å². The third kappa shape index (κ3) is 8.01. The molecule has 56 heavy (non-hydrogen) atoms. The maximum atomic E-state index is 16.5. The van der Waals surface area contributed by atoms with Gasteiger partial charge in [0.05, 0.1) is 69.0 Å². The van der Waals surface area contributed by atoms with Gasteiger partial charge in [-0.15, -0.1) is 5.10 Å². The zero-order valence-electron chi connectivity index (χ0n) is 30.0. The molecule has 0 spiro atoms. The fraction of sp³-hybridized carbons (Fsp3) is 0.371. The van der Waals surface area contributed by atoms with Crippen LogP contribution in [-0.2, 0) is 39.6 Å². The number of aliphatic hydroxyl groups is 2. The van der Waals surface area contributed by atoms with Crippen molar-refractivity contribution in [3.63, 3.8) is 0 Å². The molecule has 0 radical (unpaired) electrons. The van der Waals surface area contributed by atoms with E-state index in [1.54, 1.807) is 48.0 Å². The number of esters is 1. The summed E-state index contributed by atoms with van der Waals surface area (Å²) in [6.45, 7) is 0.303. The number of anilines is 1. The molecule has 4 heterocycles. The van der Waals surface area contributed by atoms with Gasteiger partial charge in [-0.2, -0.15) is 5.26 Å². The molecule has 3 aromatic heterocycles. The molecule has 1 aromatic carbocycles. The number of imidazole rings is 1. The number of aromatic nitrogens is 7. The minimum Gasteiger partial charge on any atom is -0.465 e. The lowest BCUT2D eigenvalue weighted by Crippen LogP contribution is -2.43. The highest BCUT2D eigenvalue weighted by molar-refractivity contribution is 8.07. The number of hydrogen-bond donors (Lipinski definition) is 3. The highest BCUT2D eigenvalue weighted by atomic mass is 32.5. The normalized spacial score (nSPS) is 24.6. The molecule has 294 valence electrons. The third-order valence-corrected chi connectivity index (χ3v) is 11.4. The van der Waals surface area contributed by atoms with Crippen LogP contribution in [0, 0.1) is 17.2 Å². The highest BCUT2D eigenvalue weighted by Crippen LogP contribution is 2.55. The molecule has 21 heteroatoms. The Labute approximate surface area is 323 Å². The topological polar surface area (TPSA) is 231 Å². The first-order valence-corrected chi connectivity index (χ1v) is 19.7. The largest absolute Gasteiger partial charge is 0.465 e. The number of carbonyl (C=O) groups excluding carboxylic acids is 2. The smallest absolute Gasteiger partial charge is 0.380 e. The Morgan fingerprint density at radius 3 is 2.70 bits per heavy atom. The van der Waals surface area contributed by atoms with Gasteiger partial charge < -0.3 is 29.5 Å². The van der Waals surface area contributed by atoms with E-state index in [-0.39, 0.29) is 47.5 Å². The molecule has 6 rings (SSSR count). The number of fused-ring (bicyclic) bond motifs is 1. The minimum atomic E-state index is -3.91. The van der Waals surface area contributed by atoms with Gasteiger partial charge in [0.2, 0.25) is 0 Å². The van der Waals surface area contributed by atoms with Crippen molar-refractivity contribution in [1.82, 2.24) is 34.5 Å². The van der Waals surface area contributed by atoms with Gasteiger partial charge in [0.1, 0.15) is 23.9 Å². The molecule has 1 unspecified atom stereocenters. The van der Waals surface area contributed by atoms with Crippen LogP contribution < -0.4 is 16.0 Å². The lowest BCUT2D eigenvalue weighted by atomic mass is 9.75. The second kappa shape index (κ2) is 17.7. The zero-order valence-corrected chi connectivity index (χ0v) is 31.8. The highest BCUT2D eigenvalue weighted by Gasteiger charge is 2.50. The summed E-state index contributed by atoms with van der Waals surface area (Å²) in [4.78, 5) is 37.8. The van der Waals surface area contributed by atoms with Crippen molar-refractivity contribution in [2.45, 2.75) is 50.4 Å². The van der Waals surface area contributed by atoms with Crippen molar-refractivity contribution in [1.29, 1.82) is 5.26 Å². The van der Waals surface area contributed by atoms with E-state index in [1.807, 2.05) is 6.07 Å². The molecular weight excluding hydrogens is 772 g/mol. The first kappa shape index (κ1) is 40.4. The Balaban J connectivity index is 1.22. The average Bonchev–Trinajstić information content (AvgIpc) is 3.90. The van der Waals surface area contributed by atoms with E-state index in [1.165, 1.54) is 36.7 Å². The van der Waals surface area contributed by atoms with Gasteiger partial charge >= 0.3 is 12.7 Å². The SMILES string of the molecule is C=C/C(C(=O)OC)=c1/nnn([C@@H]2C/C(=C\OP(=S)(OCCC#N)O[C@H]3[C@@H](F)[C@H](n4cnc5c(NC(=O)c6ccccc6)ncnc54)O[C@@H]3CO)[C@H]2CO)/c1=C/C. The summed E-state index contributed by atoms with van der Waals surface area (Å²) >= 11 is 5.68. The van der Waals surface area contributed by atoms with Crippen LogP contribution >= 0.6 is 6.72 Å². The van der Waals surface area contributed by atoms with Crippen LogP contribution in [0.2, 0.25) is 0 Å². The Morgan fingerprint density at radius 1 is 1.23 bits per heavy atom. The monoisotopic (exact) mass is 809 g/mol. The minimum absolute atomic E-state index is 0.0825. The summed E-state index contributed by atoms with van der Waals surface area (Å²) in [6.07, 6.45) is 0.829. The second-order valence-electron chi connectivity index (χ2n) is 12.3. The zero-order chi connectivity index (χ0) is 40.0. The van der Waals surface area contributed by atoms with Crippen LogP contribution in [0.15, 0.2) is 67.5 Å². The standard InChI is InChI=1S/C35H37FN9O9PS/c1-4-22(35(49)50-3)28-24(5-2)45(43-42-28)25-14-21(23(25)15-46)17-52-55(56,51-13-9-12-37)54-30-26(16-47)53-34(27(30)36)44-19-40-29-31(38-18-39-32(29)44)41-33(48)20-10-7-6-8-11-20/h4-8,10-11,17-19,23,25-27,30,34,46-47H,1,9,13-16H2,2-3H3,(H,38,39,41,48)/b21-17+,24-5+,28-22-/t23-,25-,26-,27-,30-,34-,55?/m1/s1. The number of nitrogens with one attached hydrogen (secondary N) is 1. The molecule has 7 atom stereocenters. The van der Waals surface area contributed by atoms with E-state index >= 15 is 4.39 Å². The number of alkyl halides is 1. The number of nitrogens with zero attached hydrogens (tertiary/aromatic N) is 8. The molecule has 0 bridgehead atoms. The van der Waals surface area contributed by atoms with Crippen molar-refractivity contribution < 1.29 is 47.2 Å². The van der Waals surface area contributed by atoms with Crippen molar-refractivity contribution in [3.8, 4) is 6.07 Å². The number of aliphatic hydroxyl groups excluding tert-OH is 2. The number of carbonyl (C=O) groups is 2. The Bertz CT molecular complexity index is 2350. The van der Waals surface area contributed by atoms with Gasteiger partial charge in [-0.25, -0.2) is 28.8 Å². The first-order valence-electron chi connectivity index (χ1n) is 17.2. The number of benzene rings is 1. The molecule has 4 aromatic rings. The fourth-order valence-corrected chi connectivity index (χ4v) is 8.26. The predicted molar refractivity (Wildman–Crippen MR) is 199 cm³/mol. The van der Waals surface area contributed by atoms with E-state index in [0.717, 1.165) is 0 Å². The van der Waals surface area contributed by atoms with Crippen LogP contribution in [0.5, 0.6) is 0 Å². The molecule has 2 aliphatic rings. The fourth-order valence-electron chi connectivity index (χ4n) is 6.31. The summed E-state index contributed by atoms with van der Waals surface area (Å²) in [6, 6.07) is 9.99. The second-order valence-corrected chi connectivity index (χ2v) is 15.3. The lowest BCUT2D eigenvalue weighted by Gasteiger charge is -2.38. The van der Waals surface area contributed by atoms with Gasteiger partial charge in [-0.05, 0) is 31.1 Å². The van der Waals surface area contributed by atoms with E-state index in [0.29, 0.717) is 22.9 Å². The molecule has 18 nitrogen and oxygen atoms in total. The number of methoxy groups -OCH3 is 1. The van der Waals surface area contributed by atoms with Gasteiger partial charge in [0, 0.05) is 23.3 Å². The molecule has 1 saturated carbocycles. The molecule has 1 saturated heterocycles. The summed E-state index contributed by atoms with van der Waals surface area (Å²) in [5.74, 6) is -1.53. The maximum absolute atomic E-state index is 16.5. The van der Waals surface area contributed by atoms with Crippen LogP contribution in [0.1, 0.15) is 42.4 Å². The third-order valence-electron chi connectivity index (χ3n) is 9.16. The van der Waals surface area contributed by atoms with Gasteiger partial charge in [-0.1, -0.05) is 42.1 Å². The molecular formula is C35H37FN9O9PS. The van der Waals surface area contributed by atoms with Crippen molar-refractivity contribution in [3.05, 3.63) is 83.7 Å². The summed E-state index contributed by atoms with van der Waals surface area (Å²) < 4.78 is 47.8. The lowest BCUT2D eigenvalue weighted by molar-refractivity contribution is -0.133. The molecule has 1 aliphatic heterocycles. The average molecular weight is 810 g/mol. The number of nitriles is 1. The van der Waals surface area contributed by atoms with Crippen LogP contribution in [0.4, 0.5) is 10.2 Å². The molecule has 1 aliphatic carbocycles. The Hall–Kier alpha value is -5.26. The van der Waals surface area contributed by atoms with Crippen molar-refractivity contribution in [2.75, 3.05) is 32.2 Å². The van der Waals surface area contributed by atoms with Gasteiger partial charge in [0.25, 0.3) is 5.91 Å². The number of rotatable bonds is 15. The Kier molecular flexibility index (Phi) is 12.8. The summed E-state index contributed by atoms with van der Waals surface area (Å²) in [7, 11) is 1.24. The Morgan fingerprint density at radius 2 is 2.02 bits per heavy atom. The predicted octanol–water partition coefficient (Wildman–Crippen LogP) is 1.90. The quantitative estimate of drug-likeness (QED) is 0.0674. The number of halogens is 1. The summed E-state index contributed by atoms with van der Waals surface area (Å²) in [5.41, 5.74) is 1.38. The van der Waals surface area contributed by atoms with E-state index < -0.39 is 61.8 Å². The van der Waals surface area contributed by atoms with E-state index in [2.05, 4.69) is 37.2 Å². The number of ether oxygens (including phenoxy) is 2. The van der Waals surface area contributed by atoms with Crippen molar-refractivity contribution in [2.24, 2.45) is 5.92 Å². The van der Waals surface area contributed by atoms with Gasteiger partial charge in [0.15, 0.2) is 29.4 Å². The van der Waals surface area contributed by atoms with E-state index in [4.69, 9.17) is 40.1 Å². The van der Waals surface area contributed by atoms with Crippen molar-refractivity contribution >= 4 is 59.0 Å². The van der Waals surface area contributed by atoms with E-state index in [9.17, 15) is 19.8 Å². The maximum Gasteiger partial charge on any atom is 0.380 e. The molecule has 3 N–H and O–H groups in total. The van der Waals surface area contributed by atoms with Crippen LogP contribution in [0.3, 0.4) is 0 Å². The first-order chi connectivity index (χ1) is 27.1. The van der Waals surface area contributed by atoms with Crippen LogP contribution in [-0.4, -0.2) is 102 Å². The number of amides is 1. The van der Waals surface area contributed by atoms with Gasteiger partial charge in [-0.3, -0.25) is 18.4 Å². The number of hydrogen-bond acceptors (Lipinski definition) is 16. The summed E-state index contributed by atoms with van der Waals surface area (Å²) in [5, 5.41) is 41.6. The molecule has 2 fully saturated rings. The molecule has 1 amide bonds.